The molecule has 0 unspecified atom stereocenters. The van der Waals surface area contributed by atoms with Gasteiger partial charge in [0.2, 0.25) is 10.0 Å². The number of hydrogen-bond donors (Lipinski definition) is 2. The van der Waals surface area contributed by atoms with Gasteiger partial charge in [0, 0.05) is 5.54 Å². The smallest absolute Gasteiger partial charge is 0.306 e. The van der Waals surface area contributed by atoms with Gasteiger partial charge in [0.05, 0.1) is 25.2 Å². The molecule has 1 aliphatic carbocycles. The van der Waals surface area contributed by atoms with Crippen LogP contribution in [-0.4, -0.2) is 43.4 Å². The number of nitrogens with one attached hydrogen (secondary N) is 1. The lowest BCUT2D eigenvalue weighted by Crippen LogP contribution is -2.48. The summed E-state index contributed by atoms with van der Waals surface area (Å²) in [6, 6.07) is 0. The zero-order valence-corrected chi connectivity index (χ0v) is 12.4. The molecule has 8 heteroatoms. The summed E-state index contributed by atoms with van der Waals surface area (Å²) in [5.74, 6) is -1.98. The highest BCUT2D eigenvalue weighted by molar-refractivity contribution is 7.89. The highest BCUT2D eigenvalue weighted by Gasteiger charge is 2.39. The van der Waals surface area contributed by atoms with Gasteiger partial charge in [-0.3, -0.25) is 9.59 Å². The molecule has 116 valence electrons. The summed E-state index contributed by atoms with van der Waals surface area (Å²) in [7, 11) is -3.70. The molecule has 0 aromatic heterocycles. The van der Waals surface area contributed by atoms with Crippen molar-refractivity contribution in [3.05, 3.63) is 0 Å². The first-order valence-corrected chi connectivity index (χ1v) is 8.33. The minimum atomic E-state index is -3.70. The number of hydrogen-bond acceptors (Lipinski definition) is 5. The molecule has 1 fully saturated rings. The summed E-state index contributed by atoms with van der Waals surface area (Å²) in [4.78, 5) is 22.1. The Labute approximate surface area is 118 Å². The third kappa shape index (κ3) is 5.46. The van der Waals surface area contributed by atoms with Crippen molar-refractivity contribution in [2.24, 2.45) is 0 Å². The molecule has 0 heterocycles. The molecule has 20 heavy (non-hydrogen) atoms. The first-order chi connectivity index (χ1) is 9.29. The molecule has 1 saturated carbocycles. The Bertz CT molecular complexity index is 453. The van der Waals surface area contributed by atoms with Crippen LogP contribution in [0.15, 0.2) is 0 Å². The summed E-state index contributed by atoms with van der Waals surface area (Å²) in [5.41, 5.74) is -0.903. The van der Waals surface area contributed by atoms with Crippen LogP contribution < -0.4 is 4.72 Å². The molecule has 0 atom stereocenters. The van der Waals surface area contributed by atoms with E-state index in [2.05, 4.69) is 9.46 Å². The largest absolute Gasteiger partial charge is 0.481 e. The van der Waals surface area contributed by atoms with Gasteiger partial charge in [0.25, 0.3) is 0 Å². The van der Waals surface area contributed by atoms with Crippen LogP contribution in [0.4, 0.5) is 0 Å². The van der Waals surface area contributed by atoms with Crippen molar-refractivity contribution in [2.75, 3.05) is 12.4 Å². The number of rotatable bonds is 8. The fourth-order valence-corrected chi connectivity index (χ4v) is 3.96. The molecule has 0 radical (unpaired) electrons. The minimum absolute atomic E-state index is 0.204. The Kier molecular flexibility index (Phi) is 5.94. The van der Waals surface area contributed by atoms with Crippen LogP contribution in [0, 0.1) is 0 Å². The Morgan fingerprint density at radius 1 is 1.30 bits per heavy atom. The Morgan fingerprint density at radius 2 is 1.90 bits per heavy atom. The van der Waals surface area contributed by atoms with E-state index in [-0.39, 0.29) is 25.2 Å². The molecule has 0 amide bonds. The van der Waals surface area contributed by atoms with Crippen molar-refractivity contribution in [2.45, 2.75) is 51.0 Å². The Hall–Kier alpha value is -1.15. The first-order valence-electron chi connectivity index (χ1n) is 6.68. The number of esters is 1. The fraction of sp³-hybridized carbons (Fsp3) is 0.833. The van der Waals surface area contributed by atoms with Gasteiger partial charge in [-0.2, -0.15) is 0 Å². The highest BCUT2D eigenvalue weighted by Crippen LogP contribution is 2.33. The summed E-state index contributed by atoms with van der Waals surface area (Å²) in [6.45, 7) is 1.85. The number of carboxylic acids is 1. The van der Waals surface area contributed by atoms with Crippen molar-refractivity contribution in [1.82, 2.24) is 4.72 Å². The van der Waals surface area contributed by atoms with Crippen LogP contribution in [0.3, 0.4) is 0 Å². The maximum Gasteiger partial charge on any atom is 0.306 e. The number of carbonyl (C=O) groups is 2. The summed E-state index contributed by atoms with van der Waals surface area (Å²) >= 11 is 0. The van der Waals surface area contributed by atoms with Crippen molar-refractivity contribution < 1.29 is 27.9 Å². The van der Waals surface area contributed by atoms with Gasteiger partial charge in [-0.05, 0) is 19.8 Å². The zero-order chi connectivity index (χ0) is 15.2. The second kappa shape index (κ2) is 7.03. The lowest BCUT2D eigenvalue weighted by Gasteiger charge is -2.28. The molecule has 0 bridgehead atoms. The molecule has 1 rings (SSSR count). The highest BCUT2D eigenvalue weighted by atomic mass is 32.2. The van der Waals surface area contributed by atoms with E-state index in [1.54, 1.807) is 6.92 Å². The van der Waals surface area contributed by atoms with Crippen LogP contribution in [0.2, 0.25) is 0 Å². The predicted molar refractivity (Wildman–Crippen MR) is 71.6 cm³/mol. The van der Waals surface area contributed by atoms with E-state index in [4.69, 9.17) is 5.11 Å². The van der Waals surface area contributed by atoms with Crippen LogP contribution in [0.5, 0.6) is 0 Å². The average molecular weight is 307 g/mol. The van der Waals surface area contributed by atoms with E-state index >= 15 is 0 Å². The van der Waals surface area contributed by atoms with E-state index in [1.165, 1.54) is 0 Å². The topological polar surface area (TPSA) is 110 Å². The summed E-state index contributed by atoms with van der Waals surface area (Å²) in [6.07, 6.45) is 2.16. The number of aliphatic carboxylic acids is 1. The van der Waals surface area contributed by atoms with Crippen LogP contribution in [-0.2, 0) is 24.3 Å². The lowest BCUT2D eigenvalue weighted by molar-refractivity contribution is -0.142. The second-order valence-electron chi connectivity index (χ2n) is 5.03. The van der Waals surface area contributed by atoms with Gasteiger partial charge in [-0.1, -0.05) is 12.8 Å². The quantitative estimate of drug-likeness (QED) is 0.637. The number of sulfonamides is 1. The monoisotopic (exact) mass is 307 g/mol. The molecule has 0 spiro atoms. The van der Waals surface area contributed by atoms with Crippen molar-refractivity contribution in [3.8, 4) is 0 Å². The van der Waals surface area contributed by atoms with Crippen LogP contribution in [0.1, 0.15) is 45.4 Å². The molecule has 0 saturated heterocycles. The van der Waals surface area contributed by atoms with E-state index < -0.39 is 27.5 Å². The van der Waals surface area contributed by atoms with E-state index in [9.17, 15) is 18.0 Å². The summed E-state index contributed by atoms with van der Waals surface area (Å²) < 4.78 is 31.1. The van der Waals surface area contributed by atoms with Crippen LogP contribution >= 0.6 is 0 Å². The van der Waals surface area contributed by atoms with Gasteiger partial charge in [-0.25, -0.2) is 13.1 Å². The molecule has 2 N–H and O–H groups in total. The lowest BCUT2D eigenvalue weighted by atomic mass is 9.95. The zero-order valence-electron chi connectivity index (χ0n) is 11.6. The maximum absolute atomic E-state index is 12.0. The Balaban J connectivity index is 2.62. The third-order valence-electron chi connectivity index (χ3n) is 3.30. The Morgan fingerprint density at radius 3 is 2.40 bits per heavy atom. The standard InChI is InChI=1S/C12H21NO6S/c1-2-19-11(16)5-8-20(17,18)13-12(9-10(14)15)6-3-4-7-12/h13H,2-9H2,1H3,(H,14,15). The molecular weight excluding hydrogens is 286 g/mol. The molecule has 0 aliphatic heterocycles. The normalized spacial score (nSPS) is 17.9. The number of carbonyl (C=O) groups excluding carboxylic acids is 1. The van der Waals surface area contributed by atoms with Gasteiger partial charge >= 0.3 is 11.9 Å². The van der Waals surface area contributed by atoms with Gasteiger partial charge in [0.15, 0.2) is 0 Å². The van der Waals surface area contributed by atoms with E-state index in [0.29, 0.717) is 12.8 Å². The maximum atomic E-state index is 12.0. The second-order valence-corrected chi connectivity index (χ2v) is 6.88. The van der Waals surface area contributed by atoms with E-state index in [1.807, 2.05) is 0 Å². The number of carboxylic acid groups (broad SMARTS) is 1. The molecule has 1 aliphatic rings. The third-order valence-corrected chi connectivity index (χ3v) is 4.79. The molecular formula is C12H21NO6S. The predicted octanol–water partition coefficient (Wildman–Crippen LogP) is 0.646. The molecule has 0 aromatic rings. The SMILES string of the molecule is CCOC(=O)CCS(=O)(=O)NC1(CC(=O)O)CCCC1. The van der Waals surface area contributed by atoms with Gasteiger partial charge in [0.1, 0.15) is 0 Å². The minimum Gasteiger partial charge on any atom is -0.481 e. The first kappa shape index (κ1) is 16.9. The summed E-state index contributed by atoms with van der Waals surface area (Å²) in [5, 5.41) is 8.92. The van der Waals surface area contributed by atoms with Gasteiger partial charge in [-0.15, -0.1) is 0 Å². The van der Waals surface area contributed by atoms with Crippen molar-refractivity contribution in [1.29, 1.82) is 0 Å². The average Bonchev–Trinajstić information content (AvgIpc) is 2.73. The molecule has 7 nitrogen and oxygen atoms in total. The van der Waals surface area contributed by atoms with Crippen LogP contribution in [0.25, 0.3) is 0 Å². The van der Waals surface area contributed by atoms with Gasteiger partial charge < -0.3 is 9.84 Å². The molecule has 0 aromatic carbocycles. The number of ether oxygens (including phenoxy) is 1. The van der Waals surface area contributed by atoms with E-state index in [0.717, 1.165) is 12.8 Å². The van der Waals surface area contributed by atoms with Crippen molar-refractivity contribution in [3.63, 3.8) is 0 Å². The van der Waals surface area contributed by atoms with Crippen molar-refractivity contribution >= 4 is 22.0 Å². The fourth-order valence-electron chi connectivity index (χ4n) is 2.49.